The molecule has 0 saturated carbocycles. The zero-order valence-corrected chi connectivity index (χ0v) is 7.45. The molecule has 0 heterocycles. The molecule has 0 aliphatic heterocycles. The van der Waals surface area contributed by atoms with E-state index in [4.69, 9.17) is 0 Å². The molecule has 58 valence electrons. The first-order chi connectivity index (χ1) is 5.33. The molecule has 1 aromatic carbocycles. The molecule has 0 spiro atoms. The molecule has 1 rings (SSSR count). The third-order valence-electron chi connectivity index (χ3n) is 1.10. The molecule has 0 amide bonds. The summed E-state index contributed by atoms with van der Waals surface area (Å²) >= 11 is -0.358. The van der Waals surface area contributed by atoms with Crippen molar-refractivity contribution in [3.63, 3.8) is 0 Å². The van der Waals surface area contributed by atoms with Gasteiger partial charge in [0.15, 0.2) is 0 Å². The second kappa shape index (κ2) is 4.27. The third-order valence-corrected chi connectivity index (χ3v) is 2.95. The molecule has 0 saturated heterocycles. The summed E-state index contributed by atoms with van der Waals surface area (Å²) in [6.07, 6.45) is 0.354. The number of carbonyl (C=O) groups excluding carboxylic acids is 1. The quantitative estimate of drug-likeness (QED) is 0.532. The Labute approximate surface area is 70.8 Å². The predicted molar refractivity (Wildman–Crippen MR) is 42.8 cm³/mol. The van der Waals surface area contributed by atoms with Gasteiger partial charge in [-0.05, 0) is 0 Å². The van der Waals surface area contributed by atoms with Gasteiger partial charge in [-0.2, -0.15) is 0 Å². The number of benzene rings is 1. The number of aldehydes is 1. The van der Waals surface area contributed by atoms with Crippen molar-refractivity contribution in [1.29, 1.82) is 0 Å². The van der Waals surface area contributed by atoms with Crippen LogP contribution in [0, 0.1) is 0 Å². The molecule has 0 radical (unpaired) electrons. The minimum atomic E-state index is -1.30. The van der Waals surface area contributed by atoms with E-state index >= 15 is 0 Å². The van der Waals surface area contributed by atoms with E-state index in [0.717, 1.165) is 4.46 Å². The standard InChI is InChI=1S/C8H7FOSe/c9-8(6-10)11-7-4-2-1-3-5-7/h1-6,8H. The number of hydrogen-bond donors (Lipinski definition) is 0. The van der Waals surface area contributed by atoms with Crippen molar-refractivity contribution >= 4 is 25.7 Å². The van der Waals surface area contributed by atoms with Crippen LogP contribution in [-0.2, 0) is 4.79 Å². The van der Waals surface area contributed by atoms with Crippen LogP contribution in [0.15, 0.2) is 30.3 Å². The maximum absolute atomic E-state index is 12.5. The van der Waals surface area contributed by atoms with E-state index in [-0.39, 0.29) is 15.0 Å². The van der Waals surface area contributed by atoms with E-state index in [1.165, 1.54) is 0 Å². The van der Waals surface area contributed by atoms with Crippen molar-refractivity contribution in [3.8, 4) is 0 Å². The van der Waals surface area contributed by atoms with Crippen molar-refractivity contribution in [2.24, 2.45) is 0 Å². The van der Waals surface area contributed by atoms with Crippen LogP contribution in [-0.4, -0.2) is 26.3 Å². The Morgan fingerprint density at radius 1 is 1.36 bits per heavy atom. The first-order valence-corrected chi connectivity index (χ1v) is 4.98. The first kappa shape index (κ1) is 8.44. The first-order valence-electron chi connectivity index (χ1n) is 3.14. The topological polar surface area (TPSA) is 17.1 Å². The van der Waals surface area contributed by atoms with Gasteiger partial charge < -0.3 is 0 Å². The molecule has 1 atom stereocenters. The van der Waals surface area contributed by atoms with Crippen LogP contribution in [0.2, 0.25) is 0 Å². The molecule has 11 heavy (non-hydrogen) atoms. The van der Waals surface area contributed by atoms with Crippen molar-refractivity contribution < 1.29 is 9.18 Å². The van der Waals surface area contributed by atoms with Crippen molar-refractivity contribution in [1.82, 2.24) is 0 Å². The van der Waals surface area contributed by atoms with Gasteiger partial charge in [-0.1, -0.05) is 0 Å². The van der Waals surface area contributed by atoms with E-state index in [0.29, 0.717) is 6.29 Å². The maximum atomic E-state index is 12.5. The Hall–Kier alpha value is -0.661. The van der Waals surface area contributed by atoms with E-state index in [2.05, 4.69) is 0 Å². The van der Waals surface area contributed by atoms with Gasteiger partial charge in [0, 0.05) is 0 Å². The summed E-state index contributed by atoms with van der Waals surface area (Å²) in [5, 5.41) is -1.30. The van der Waals surface area contributed by atoms with E-state index in [9.17, 15) is 9.18 Å². The van der Waals surface area contributed by atoms with Gasteiger partial charge >= 0.3 is 70.3 Å². The summed E-state index contributed by atoms with van der Waals surface area (Å²) in [6, 6.07) is 9.21. The van der Waals surface area contributed by atoms with Gasteiger partial charge in [0.05, 0.1) is 0 Å². The van der Waals surface area contributed by atoms with Crippen LogP contribution >= 0.6 is 0 Å². The summed E-state index contributed by atoms with van der Waals surface area (Å²) in [5.74, 6) is 0. The Morgan fingerprint density at radius 2 is 2.00 bits per heavy atom. The second-order valence-corrected chi connectivity index (χ2v) is 4.35. The Morgan fingerprint density at radius 3 is 2.55 bits per heavy atom. The summed E-state index contributed by atoms with van der Waals surface area (Å²) in [4.78, 5) is 9.95. The van der Waals surface area contributed by atoms with Crippen LogP contribution in [0.5, 0.6) is 0 Å². The van der Waals surface area contributed by atoms with Crippen LogP contribution in [0.1, 0.15) is 0 Å². The molecule has 3 heteroatoms. The fourth-order valence-electron chi connectivity index (χ4n) is 0.657. The number of halogens is 1. The van der Waals surface area contributed by atoms with Gasteiger partial charge in [-0.25, -0.2) is 0 Å². The van der Waals surface area contributed by atoms with Crippen molar-refractivity contribution in [3.05, 3.63) is 30.3 Å². The van der Waals surface area contributed by atoms with Crippen molar-refractivity contribution in [2.75, 3.05) is 0 Å². The predicted octanol–water partition coefficient (Wildman–Crippen LogP) is 0.511. The normalized spacial score (nSPS) is 12.5. The van der Waals surface area contributed by atoms with E-state index < -0.39 is 5.07 Å². The van der Waals surface area contributed by atoms with Crippen LogP contribution in [0.25, 0.3) is 0 Å². The number of carbonyl (C=O) groups is 1. The van der Waals surface area contributed by atoms with E-state index in [1.54, 1.807) is 0 Å². The van der Waals surface area contributed by atoms with Crippen LogP contribution < -0.4 is 4.46 Å². The molecule has 0 bridgehead atoms. The van der Waals surface area contributed by atoms with Crippen molar-refractivity contribution in [2.45, 2.75) is 5.07 Å². The fraction of sp³-hybridized carbons (Fsp3) is 0.125. The Kier molecular flexibility index (Phi) is 3.27. The Balaban J connectivity index is 2.57. The molecular weight excluding hydrogens is 210 g/mol. The molecule has 0 N–H and O–H groups in total. The number of alkyl halides is 1. The van der Waals surface area contributed by atoms with Gasteiger partial charge in [0.2, 0.25) is 0 Å². The average Bonchev–Trinajstić information content (AvgIpc) is 2.06. The molecule has 1 unspecified atom stereocenters. The Bertz CT molecular complexity index is 225. The monoisotopic (exact) mass is 218 g/mol. The molecular formula is C8H7FOSe. The number of hydrogen-bond acceptors (Lipinski definition) is 1. The SMILES string of the molecule is O=CC(F)[Se]c1ccccc1. The molecule has 0 aromatic heterocycles. The summed E-state index contributed by atoms with van der Waals surface area (Å²) in [7, 11) is 0. The molecule has 1 nitrogen and oxygen atoms in total. The summed E-state index contributed by atoms with van der Waals surface area (Å²) < 4.78 is 13.4. The van der Waals surface area contributed by atoms with Crippen LogP contribution in [0.4, 0.5) is 4.39 Å². The van der Waals surface area contributed by atoms with Gasteiger partial charge in [-0.3, -0.25) is 0 Å². The van der Waals surface area contributed by atoms with E-state index in [1.807, 2.05) is 30.3 Å². The number of rotatable bonds is 3. The van der Waals surface area contributed by atoms with Crippen LogP contribution in [0.3, 0.4) is 0 Å². The third kappa shape index (κ3) is 2.83. The molecule has 0 fully saturated rings. The zero-order valence-electron chi connectivity index (χ0n) is 5.74. The average molecular weight is 217 g/mol. The summed E-state index contributed by atoms with van der Waals surface area (Å²) in [6.45, 7) is 0. The van der Waals surface area contributed by atoms with Gasteiger partial charge in [0.1, 0.15) is 0 Å². The fourth-order valence-corrected chi connectivity index (χ4v) is 1.98. The molecule has 0 aliphatic rings. The molecule has 1 aromatic rings. The summed E-state index contributed by atoms with van der Waals surface area (Å²) in [5.41, 5.74) is 0. The minimum absolute atomic E-state index is 0.354. The second-order valence-electron chi connectivity index (χ2n) is 1.92. The van der Waals surface area contributed by atoms with Gasteiger partial charge in [-0.15, -0.1) is 0 Å². The van der Waals surface area contributed by atoms with Gasteiger partial charge in [0.25, 0.3) is 0 Å². The zero-order chi connectivity index (χ0) is 8.10. The molecule has 0 aliphatic carbocycles.